The molecule has 6 nitrogen and oxygen atoms in total. The Balaban J connectivity index is 1.66. The maximum Gasteiger partial charge on any atom is 0.319 e. The van der Waals surface area contributed by atoms with Crippen molar-refractivity contribution in [3.05, 3.63) is 70.1 Å². The summed E-state index contributed by atoms with van der Waals surface area (Å²) in [7, 11) is 0. The Bertz CT molecular complexity index is 985. The van der Waals surface area contributed by atoms with Crippen molar-refractivity contribution in [1.29, 1.82) is 0 Å². The summed E-state index contributed by atoms with van der Waals surface area (Å²) < 4.78 is 0. The van der Waals surface area contributed by atoms with Gasteiger partial charge in [-0.1, -0.05) is 51.1 Å². The van der Waals surface area contributed by atoms with E-state index in [1.54, 1.807) is 12.1 Å². The van der Waals surface area contributed by atoms with E-state index in [1.165, 1.54) is 5.56 Å². The lowest BCUT2D eigenvalue weighted by Gasteiger charge is -2.19. The fraction of sp³-hybridized carbons (Fsp3) is 0.250. The van der Waals surface area contributed by atoms with Crippen LogP contribution in [0.5, 0.6) is 0 Å². The van der Waals surface area contributed by atoms with Crippen molar-refractivity contribution in [2.45, 2.75) is 32.7 Å². The summed E-state index contributed by atoms with van der Waals surface area (Å²) in [6.45, 7) is 6.64. The lowest BCUT2D eigenvalue weighted by Crippen LogP contribution is -2.29. The molecular weight excluding hydrogens is 328 g/mol. The smallest absolute Gasteiger partial charge is 0.319 e. The van der Waals surface area contributed by atoms with Gasteiger partial charge in [-0.05, 0) is 29.2 Å². The van der Waals surface area contributed by atoms with Gasteiger partial charge in [0.1, 0.15) is 0 Å². The van der Waals surface area contributed by atoms with Crippen LogP contribution in [0.1, 0.15) is 32.0 Å². The SMILES string of the molecule is CC(C)(C)c1ccc(NC(=O)NCc2n[nH]c(=O)c3ccccc23)cc1. The number of aromatic nitrogens is 2. The zero-order valence-corrected chi connectivity index (χ0v) is 15.1. The van der Waals surface area contributed by atoms with Gasteiger partial charge in [-0.15, -0.1) is 0 Å². The molecule has 134 valence electrons. The number of rotatable bonds is 3. The van der Waals surface area contributed by atoms with Gasteiger partial charge in [0.05, 0.1) is 17.6 Å². The third kappa shape index (κ3) is 3.91. The molecule has 0 aliphatic heterocycles. The topological polar surface area (TPSA) is 86.9 Å². The van der Waals surface area contributed by atoms with Gasteiger partial charge in [-0.25, -0.2) is 9.89 Å². The molecule has 0 spiro atoms. The Hall–Kier alpha value is -3.15. The summed E-state index contributed by atoms with van der Waals surface area (Å²) in [5.74, 6) is 0. The van der Waals surface area contributed by atoms with E-state index in [0.29, 0.717) is 11.1 Å². The predicted molar refractivity (Wildman–Crippen MR) is 103 cm³/mol. The average molecular weight is 350 g/mol. The van der Waals surface area contributed by atoms with E-state index in [1.807, 2.05) is 36.4 Å². The molecule has 0 unspecified atom stereocenters. The zero-order valence-electron chi connectivity index (χ0n) is 15.1. The molecule has 0 radical (unpaired) electrons. The van der Waals surface area contributed by atoms with E-state index in [2.05, 4.69) is 41.6 Å². The van der Waals surface area contributed by atoms with Crippen molar-refractivity contribution in [1.82, 2.24) is 15.5 Å². The number of urea groups is 1. The van der Waals surface area contributed by atoms with Crippen molar-refractivity contribution in [2.24, 2.45) is 0 Å². The lowest BCUT2D eigenvalue weighted by molar-refractivity contribution is 0.251. The van der Waals surface area contributed by atoms with Crippen LogP contribution in [0.3, 0.4) is 0 Å². The van der Waals surface area contributed by atoms with E-state index in [4.69, 9.17) is 0 Å². The van der Waals surface area contributed by atoms with Crippen LogP contribution in [0, 0.1) is 0 Å². The van der Waals surface area contributed by atoms with E-state index in [-0.39, 0.29) is 23.6 Å². The van der Waals surface area contributed by atoms with E-state index >= 15 is 0 Å². The molecule has 3 N–H and O–H groups in total. The number of amides is 2. The molecule has 0 saturated heterocycles. The molecule has 0 atom stereocenters. The quantitative estimate of drug-likeness (QED) is 0.675. The van der Waals surface area contributed by atoms with Gasteiger partial charge in [0.15, 0.2) is 0 Å². The molecule has 3 rings (SSSR count). The Morgan fingerprint density at radius 2 is 1.69 bits per heavy atom. The van der Waals surface area contributed by atoms with Crippen LogP contribution in [0.4, 0.5) is 10.5 Å². The lowest BCUT2D eigenvalue weighted by atomic mass is 9.87. The summed E-state index contributed by atoms with van der Waals surface area (Å²) in [5, 5.41) is 13.4. The van der Waals surface area contributed by atoms with E-state index in [0.717, 1.165) is 11.1 Å². The fourth-order valence-electron chi connectivity index (χ4n) is 2.70. The van der Waals surface area contributed by atoms with Crippen molar-refractivity contribution >= 4 is 22.5 Å². The van der Waals surface area contributed by atoms with Gasteiger partial charge < -0.3 is 10.6 Å². The second-order valence-electron chi connectivity index (χ2n) is 7.18. The van der Waals surface area contributed by atoms with Crippen LogP contribution in [-0.4, -0.2) is 16.2 Å². The number of nitrogens with zero attached hydrogens (tertiary/aromatic N) is 1. The van der Waals surface area contributed by atoms with E-state index in [9.17, 15) is 9.59 Å². The van der Waals surface area contributed by atoms with Crippen LogP contribution < -0.4 is 16.2 Å². The summed E-state index contributed by atoms with van der Waals surface area (Å²) in [6, 6.07) is 14.6. The van der Waals surface area contributed by atoms with Gasteiger partial charge in [0.2, 0.25) is 0 Å². The summed E-state index contributed by atoms with van der Waals surface area (Å²) in [5.41, 5.74) is 2.35. The number of benzene rings is 2. The molecule has 2 amide bonds. The first-order chi connectivity index (χ1) is 12.3. The number of fused-ring (bicyclic) bond motifs is 1. The average Bonchev–Trinajstić information content (AvgIpc) is 2.61. The Morgan fingerprint density at radius 3 is 2.35 bits per heavy atom. The summed E-state index contributed by atoms with van der Waals surface area (Å²) in [6.07, 6.45) is 0. The molecule has 0 aliphatic rings. The number of nitrogens with one attached hydrogen (secondary N) is 3. The molecule has 3 aromatic rings. The first kappa shape index (κ1) is 17.7. The number of hydrogen-bond acceptors (Lipinski definition) is 3. The minimum absolute atomic E-state index is 0.0672. The van der Waals surface area contributed by atoms with Gasteiger partial charge >= 0.3 is 6.03 Å². The van der Waals surface area contributed by atoms with Crippen LogP contribution in [0.25, 0.3) is 10.8 Å². The maximum absolute atomic E-state index is 12.1. The molecule has 26 heavy (non-hydrogen) atoms. The Morgan fingerprint density at radius 1 is 1.04 bits per heavy atom. The number of anilines is 1. The standard InChI is InChI=1S/C20H22N4O2/c1-20(2,3)13-8-10-14(11-9-13)22-19(26)21-12-17-15-6-4-5-7-16(15)18(25)24-23-17/h4-11H,12H2,1-3H3,(H,24,25)(H2,21,22,26). The highest BCUT2D eigenvalue weighted by atomic mass is 16.2. The molecule has 2 aromatic carbocycles. The number of hydrogen-bond donors (Lipinski definition) is 3. The van der Waals surface area contributed by atoms with Gasteiger partial charge in [-0.3, -0.25) is 4.79 Å². The third-order valence-corrected chi connectivity index (χ3v) is 4.20. The largest absolute Gasteiger partial charge is 0.332 e. The van der Waals surface area contributed by atoms with Gasteiger partial charge in [-0.2, -0.15) is 5.10 Å². The number of carbonyl (C=O) groups is 1. The van der Waals surface area contributed by atoms with Crippen molar-refractivity contribution < 1.29 is 4.79 Å². The summed E-state index contributed by atoms with van der Waals surface area (Å²) >= 11 is 0. The minimum atomic E-state index is -0.328. The highest BCUT2D eigenvalue weighted by molar-refractivity contribution is 5.90. The van der Waals surface area contributed by atoms with Crippen LogP contribution >= 0.6 is 0 Å². The molecule has 0 aliphatic carbocycles. The molecule has 6 heteroatoms. The van der Waals surface area contributed by atoms with Crippen molar-refractivity contribution in [2.75, 3.05) is 5.32 Å². The molecular formula is C20H22N4O2. The van der Waals surface area contributed by atoms with Crippen LogP contribution in [0.2, 0.25) is 0 Å². The van der Waals surface area contributed by atoms with Gasteiger partial charge in [0, 0.05) is 11.1 Å². The summed E-state index contributed by atoms with van der Waals surface area (Å²) in [4.78, 5) is 23.9. The first-order valence-corrected chi connectivity index (χ1v) is 8.46. The zero-order chi connectivity index (χ0) is 18.7. The highest BCUT2D eigenvalue weighted by Crippen LogP contribution is 2.23. The molecule has 1 heterocycles. The first-order valence-electron chi connectivity index (χ1n) is 8.46. The number of aromatic amines is 1. The Labute approximate surface area is 151 Å². The minimum Gasteiger partial charge on any atom is -0.332 e. The number of H-pyrrole nitrogens is 1. The van der Waals surface area contributed by atoms with E-state index < -0.39 is 0 Å². The van der Waals surface area contributed by atoms with Crippen molar-refractivity contribution in [3.8, 4) is 0 Å². The maximum atomic E-state index is 12.1. The Kier molecular flexibility index (Phi) is 4.75. The third-order valence-electron chi connectivity index (χ3n) is 4.20. The highest BCUT2D eigenvalue weighted by Gasteiger charge is 2.13. The number of carbonyl (C=O) groups excluding carboxylic acids is 1. The normalized spacial score (nSPS) is 11.3. The second kappa shape index (κ2) is 7.00. The fourth-order valence-corrected chi connectivity index (χ4v) is 2.70. The van der Waals surface area contributed by atoms with Gasteiger partial charge in [0.25, 0.3) is 5.56 Å². The molecule has 1 aromatic heterocycles. The molecule has 0 bridgehead atoms. The molecule has 0 fully saturated rings. The second-order valence-corrected chi connectivity index (χ2v) is 7.18. The van der Waals surface area contributed by atoms with Crippen LogP contribution in [0.15, 0.2) is 53.3 Å². The monoisotopic (exact) mass is 350 g/mol. The van der Waals surface area contributed by atoms with Crippen molar-refractivity contribution in [3.63, 3.8) is 0 Å². The molecule has 0 saturated carbocycles. The van der Waals surface area contributed by atoms with Crippen LogP contribution in [-0.2, 0) is 12.0 Å². The predicted octanol–water partition coefficient (Wildman–Crippen LogP) is 3.54.